The normalized spacial score (nSPS) is 24.6. The van der Waals surface area contributed by atoms with Gasteiger partial charge in [-0.2, -0.15) is 0 Å². The van der Waals surface area contributed by atoms with Crippen LogP contribution in [0.2, 0.25) is 0 Å². The number of anilines is 1. The molecule has 4 aliphatic heterocycles. The van der Waals surface area contributed by atoms with E-state index >= 15 is 13.2 Å². The number of ether oxygens (including phenoxy) is 1. The summed E-state index contributed by atoms with van der Waals surface area (Å²) in [6, 6.07) is 10.9. The number of hydrogen-bond acceptors (Lipinski definition) is 9. The summed E-state index contributed by atoms with van der Waals surface area (Å²) in [5, 5.41) is -0.810. The van der Waals surface area contributed by atoms with Crippen LogP contribution < -0.4 is 4.90 Å². The lowest BCUT2D eigenvalue weighted by atomic mass is 9.56. The number of hydrogen-bond donors (Lipinski definition) is 0. The van der Waals surface area contributed by atoms with Crippen molar-refractivity contribution in [3.05, 3.63) is 71.8 Å². The van der Waals surface area contributed by atoms with Crippen LogP contribution in [0.5, 0.6) is 0 Å². The van der Waals surface area contributed by atoms with Gasteiger partial charge in [-0.15, -0.1) is 0 Å². The van der Waals surface area contributed by atoms with Gasteiger partial charge in [-0.1, -0.05) is 24.6 Å². The number of carbonyl (C=O) groups excluding carboxylic acids is 2. The summed E-state index contributed by atoms with van der Waals surface area (Å²) >= 11 is 0. The fourth-order valence-electron chi connectivity index (χ4n) is 10.3. The van der Waals surface area contributed by atoms with Gasteiger partial charge in [0.1, 0.15) is 16.9 Å². The second kappa shape index (κ2) is 17.0. The Hall–Kier alpha value is -3.46. The molecule has 0 N–H and O–H groups in total. The molecule has 57 heavy (non-hydrogen) atoms. The van der Waals surface area contributed by atoms with Crippen molar-refractivity contribution >= 4 is 27.4 Å². The molecule has 0 bridgehead atoms. The average Bonchev–Trinajstić information content (AvgIpc) is 3.58. The molecule has 1 saturated carbocycles. The second-order valence-corrected chi connectivity index (χ2v) is 19.7. The van der Waals surface area contributed by atoms with E-state index in [4.69, 9.17) is 4.74 Å². The van der Waals surface area contributed by atoms with Gasteiger partial charge in [-0.25, -0.2) is 21.6 Å². The van der Waals surface area contributed by atoms with Crippen molar-refractivity contribution in [3.63, 3.8) is 0 Å². The molecule has 4 heterocycles. The Balaban J connectivity index is 0.980. The van der Waals surface area contributed by atoms with Gasteiger partial charge in [0, 0.05) is 50.6 Å². The summed E-state index contributed by atoms with van der Waals surface area (Å²) in [5.41, 5.74) is -0.747. The molecule has 0 spiro atoms. The Morgan fingerprint density at radius 3 is 2.33 bits per heavy atom. The lowest BCUT2D eigenvalue weighted by Crippen LogP contribution is -2.65. The maximum absolute atomic E-state index is 16.3. The fourth-order valence-corrected chi connectivity index (χ4v) is 12.0. The molecule has 1 amide bonds. The van der Waals surface area contributed by atoms with Crippen LogP contribution >= 0.6 is 0 Å². The molecular formula is C43H58F3N5O5S. The Morgan fingerprint density at radius 2 is 1.70 bits per heavy atom. The molecule has 2 aromatic rings. The lowest BCUT2D eigenvalue weighted by molar-refractivity contribution is -0.142. The summed E-state index contributed by atoms with van der Waals surface area (Å²) in [6.45, 7) is 5.06. The van der Waals surface area contributed by atoms with Crippen molar-refractivity contribution in [2.24, 2.45) is 17.8 Å². The Morgan fingerprint density at radius 1 is 0.965 bits per heavy atom. The summed E-state index contributed by atoms with van der Waals surface area (Å²) in [7, 11) is 1.33. The zero-order chi connectivity index (χ0) is 40.5. The molecule has 3 atom stereocenters. The van der Waals surface area contributed by atoms with Gasteiger partial charge < -0.3 is 24.3 Å². The molecule has 5 aliphatic rings. The van der Waals surface area contributed by atoms with Crippen molar-refractivity contribution in [3.8, 4) is 0 Å². The van der Waals surface area contributed by atoms with E-state index in [0.717, 1.165) is 69.8 Å². The van der Waals surface area contributed by atoms with Crippen molar-refractivity contribution in [1.82, 2.24) is 19.6 Å². The highest BCUT2D eigenvalue weighted by Gasteiger charge is 2.54. The molecule has 1 aliphatic carbocycles. The average molecular weight is 814 g/mol. The lowest BCUT2D eigenvalue weighted by Gasteiger charge is -2.54. The molecule has 0 radical (unpaired) electrons. The number of carbonyl (C=O) groups is 2. The predicted molar refractivity (Wildman–Crippen MR) is 213 cm³/mol. The number of sulfone groups is 1. The Labute approximate surface area is 335 Å². The van der Waals surface area contributed by atoms with E-state index in [1.807, 2.05) is 19.0 Å². The van der Waals surface area contributed by atoms with Crippen LogP contribution in [0.4, 0.5) is 18.9 Å². The number of likely N-dealkylation sites (tertiary alicyclic amines) is 3. The van der Waals surface area contributed by atoms with Crippen molar-refractivity contribution in [2.75, 3.05) is 98.1 Å². The monoisotopic (exact) mass is 813 g/mol. The SMILES string of the molecule is COC(=O)C[C@H]1CCC[C@@H]1[C@](CN1CCC1)(c1cccc(F)c1)C1CCN(CC2(F)CN(c3ccc(S(=O)(=O)C4CN(C(=O)/C=C/CN(C)C)C4)cc3F)C2)CC1. The highest BCUT2D eigenvalue weighted by Crippen LogP contribution is 2.54. The van der Waals surface area contributed by atoms with E-state index in [2.05, 4.69) is 15.9 Å². The van der Waals surface area contributed by atoms with Crippen LogP contribution in [0.25, 0.3) is 0 Å². The van der Waals surface area contributed by atoms with E-state index in [0.29, 0.717) is 26.1 Å². The third-order valence-corrected chi connectivity index (χ3v) is 15.5. The van der Waals surface area contributed by atoms with Gasteiger partial charge in [0.05, 0.1) is 30.8 Å². The largest absolute Gasteiger partial charge is 0.469 e. The van der Waals surface area contributed by atoms with E-state index in [1.165, 1.54) is 36.3 Å². The Kier molecular flexibility index (Phi) is 12.5. The van der Waals surface area contributed by atoms with Gasteiger partial charge in [0.2, 0.25) is 5.91 Å². The molecule has 10 nitrogen and oxygen atoms in total. The fraction of sp³-hybridized carbons (Fsp3) is 0.628. The molecule has 4 saturated heterocycles. The van der Waals surface area contributed by atoms with Gasteiger partial charge in [-0.05, 0) is 126 Å². The van der Waals surface area contributed by atoms with Crippen molar-refractivity contribution in [1.29, 1.82) is 0 Å². The third-order valence-electron chi connectivity index (χ3n) is 13.5. The summed E-state index contributed by atoms with van der Waals surface area (Å²) in [4.78, 5) is 34.4. The standard InChI is InChI=1S/C43H58F3N5O5S/c1-47(2)17-6-12-40(52)50-25-36(26-50)57(54,55)35-13-14-39(38(45)24-35)51-28-42(46,29-51)27-49-20-15-32(16-21-49)43(30-48-18-7-19-48,33-9-5-10-34(44)23-33)37-11-4-8-31(37)22-41(53)56-3/h5-6,9-10,12-14,23-24,31-32,36-37H,4,7-8,11,15-22,25-30H2,1-3H3/b12-6+/t31-,37+,43+/m1/s1. The molecule has 0 unspecified atom stereocenters. The zero-order valence-electron chi connectivity index (χ0n) is 33.6. The molecule has 7 rings (SSSR count). The van der Waals surface area contributed by atoms with E-state index in [1.54, 1.807) is 23.1 Å². The number of esters is 1. The van der Waals surface area contributed by atoms with Gasteiger partial charge in [-0.3, -0.25) is 14.5 Å². The minimum absolute atomic E-state index is 0.00352. The number of alkyl halides is 1. The molecular weight excluding hydrogens is 756 g/mol. The summed E-state index contributed by atoms with van der Waals surface area (Å²) in [5.74, 6) is -0.894. The topological polar surface area (TPSA) is 93.7 Å². The number of nitrogens with zero attached hydrogens (tertiary/aromatic N) is 5. The number of likely N-dealkylation sites (N-methyl/N-ethyl adjacent to an activating group) is 1. The first-order valence-corrected chi connectivity index (χ1v) is 22.1. The number of benzene rings is 2. The van der Waals surface area contributed by atoms with Crippen molar-refractivity contribution in [2.45, 2.75) is 66.2 Å². The maximum atomic E-state index is 16.3. The van der Waals surface area contributed by atoms with Crippen LogP contribution in [0, 0.1) is 29.4 Å². The molecule has 312 valence electrons. The van der Waals surface area contributed by atoms with Crippen molar-refractivity contribution < 1.29 is 35.9 Å². The quantitative estimate of drug-likeness (QED) is 0.184. The molecule has 0 aromatic heterocycles. The predicted octanol–water partition coefficient (Wildman–Crippen LogP) is 4.93. The number of piperidine rings is 1. The molecule has 5 fully saturated rings. The van der Waals surface area contributed by atoms with Crippen LogP contribution in [-0.2, 0) is 29.6 Å². The highest BCUT2D eigenvalue weighted by molar-refractivity contribution is 7.92. The first-order chi connectivity index (χ1) is 27.2. The van der Waals surface area contributed by atoms with E-state index < -0.39 is 26.6 Å². The number of amides is 1. The van der Waals surface area contributed by atoms with Gasteiger partial charge >= 0.3 is 5.97 Å². The van der Waals surface area contributed by atoms with Crippen LogP contribution in [0.15, 0.2) is 59.5 Å². The molecule has 2 aromatic carbocycles. The minimum atomic E-state index is -3.86. The summed E-state index contributed by atoms with van der Waals surface area (Å²) in [6.07, 6.45) is 9.20. The van der Waals surface area contributed by atoms with Crippen LogP contribution in [0.3, 0.4) is 0 Å². The number of rotatable bonds is 15. The van der Waals surface area contributed by atoms with Crippen LogP contribution in [-0.4, -0.2) is 144 Å². The summed E-state index contributed by atoms with van der Waals surface area (Å²) < 4.78 is 78.5. The zero-order valence-corrected chi connectivity index (χ0v) is 34.4. The van der Waals surface area contributed by atoms with Crippen LogP contribution in [0.1, 0.15) is 50.5 Å². The second-order valence-electron chi connectivity index (χ2n) is 17.5. The number of halogens is 3. The maximum Gasteiger partial charge on any atom is 0.305 e. The van der Waals surface area contributed by atoms with E-state index in [9.17, 15) is 18.0 Å². The molecule has 14 heteroatoms. The van der Waals surface area contributed by atoms with E-state index in [-0.39, 0.29) is 84.2 Å². The number of methoxy groups -OCH3 is 1. The minimum Gasteiger partial charge on any atom is -0.469 e. The first kappa shape index (κ1) is 41.7. The van der Waals surface area contributed by atoms with Gasteiger partial charge in [0.25, 0.3) is 0 Å². The smallest absolute Gasteiger partial charge is 0.305 e. The third kappa shape index (κ3) is 8.79. The van der Waals surface area contributed by atoms with Gasteiger partial charge in [0.15, 0.2) is 15.5 Å². The first-order valence-electron chi connectivity index (χ1n) is 20.6. The Bertz CT molecular complexity index is 1910. The highest BCUT2D eigenvalue weighted by atomic mass is 32.2.